The Kier molecular flexibility index (Phi) is 9.35. The quantitative estimate of drug-likeness (QED) is 0.525. The number of thioether (sulfide) groups is 1. The van der Waals surface area contributed by atoms with E-state index in [9.17, 15) is 19.2 Å². The first kappa shape index (κ1) is 27.1. The van der Waals surface area contributed by atoms with Gasteiger partial charge >= 0.3 is 12.0 Å². The minimum absolute atomic E-state index is 0.0419. The Balaban J connectivity index is 1.62. The van der Waals surface area contributed by atoms with Crippen LogP contribution < -0.4 is 15.5 Å². The molecule has 10 heteroatoms. The first-order chi connectivity index (χ1) is 17.2. The predicted molar refractivity (Wildman–Crippen MR) is 141 cm³/mol. The number of carbonyl (C=O) groups is 4. The molecule has 36 heavy (non-hydrogen) atoms. The SMILES string of the molecule is CCOC(=O)c1cccc(NC(=O)NCC(=O)N(CC(=O)N2CCSC(C)(C)C2)c2ccccc2)c1. The van der Waals surface area contributed by atoms with Crippen LogP contribution in [0.15, 0.2) is 54.6 Å². The number of esters is 1. The normalized spacial score (nSPS) is 14.5. The van der Waals surface area contributed by atoms with Gasteiger partial charge < -0.3 is 25.2 Å². The molecule has 0 radical (unpaired) electrons. The predicted octanol–water partition coefficient (Wildman–Crippen LogP) is 3.37. The molecule has 0 unspecified atom stereocenters. The number of urea groups is 1. The summed E-state index contributed by atoms with van der Waals surface area (Å²) in [4.78, 5) is 53.7. The second-order valence-electron chi connectivity index (χ2n) is 8.85. The van der Waals surface area contributed by atoms with Gasteiger partial charge in [0.15, 0.2) is 0 Å². The third kappa shape index (κ3) is 7.74. The van der Waals surface area contributed by atoms with E-state index in [4.69, 9.17) is 4.74 Å². The molecule has 1 saturated heterocycles. The fourth-order valence-corrected chi connectivity index (χ4v) is 4.87. The Hall–Kier alpha value is -3.53. The highest BCUT2D eigenvalue weighted by molar-refractivity contribution is 8.00. The third-order valence-electron chi connectivity index (χ3n) is 5.47. The van der Waals surface area contributed by atoms with Crippen LogP contribution in [0, 0.1) is 0 Å². The molecule has 0 atom stereocenters. The fraction of sp³-hybridized carbons (Fsp3) is 0.385. The minimum atomic E-state index is -0.612. The van der Waals surface area contributed by atoms with Crippen molar-refractivity contribution >= 4 is 47.0 Å². The Labute approximate surface area is 215 Å². The number of amides is 4. The summed E-state index contributed by atoms with van der Waals surface area (Å²) < 4.78 is 4.93. The van der Waals surface area contributed by atoms with Gasteiger partial charge in [0.05, 0.1) is 18.7 Å². The number of rotatable bonds is 8. The minimum Gasteiger partial charge on any atom is -0.462 e. The largest absolute Gasteiger partial charge is 0.462 e. The van der Waals surface area contributed by atoms with E-state index in [0.29, 0.717) is 30.0 Å². The first-order valence-electron chi connectivity index (χ1n) is 11.8. The van der Waals surface area contributed by atoms with Crippen LogP contribution in [0.4, 0.5) is 16.2 Å². The summed E-state index contributed by atoms with van der Waals surface area (Å²) in [6, 6.07) is 14.6. The van der Waals surface area contributed by atoms with E-state index in [1.165, 1.54) is 11.0 Å². The standard InChI is InChI=1S/C26H32N4O5S/c1-4-35-24(33)19-9-8-10-20(15-19)28-25(34)27-16-22(31)30(21-11-6-5-7-12-21)17-23(32)29-13-14-36-26(2,3)18-29/h5-12,15H,4,13-14,16-18H2,1-3H3,(H2,27,28,34). The molecule has 1 fully saturated rings. The third-order valence-corrected chi connectivity index (χ3v) is 6.77. The highest BCUT2D eigenvalue weighted by atomic mass is 32.2. The van der Waals surface area contributed by atoms with Gasteiger partial charge in [-0.15, -0.1) is 0 Å². The summed E-state index contributed by atoms with van der Waals surface area (Å²) >= 11 is 1.83. The number of carbonyl (C=O) groups excluding carboxylic acids is 4. The summed E-state index contributed by atoms with van der Waals surface area (Å²) in [6.07, 6.45) is 0. The zero-order valence-electron chi connectivity index (χ0n) is 20.8. The van der Waals surface area contributed by atoms with E-state index < -0.39 is 17.9 Å². The maximum Gasteiger partial charge on any atom is 0.338 e. The Morgan fingerprint density at radius 3 is 2.53 bits per heavy atom. The van der Waals surface area contributed by atoms with Crippen LogP contribution in [0.3, 0.4) is 0 Å². The van der Waals surface area contributed by atoms with Crippen LogP contribution in [0.5, 0.6) is 0 Å². The van der Waals surface area contributed by atoms with Crippen molar-refractivity contribution in [2.24, 2.45) is 0 Å². The van der Waals surface area contributed by atoms with Crippen molar-refractivity contribution in [2.45, 2.75) is 25.5 Å². The highest BCUT2D eigenvalue weighted by Crippen LogP contribution is 2.29. The molecule has 2 aromatic rings. The first-order valence-corrected chi connectivity index (χ1v) is 12.8. The topological polar surface area (TPSA) is 108 Å². The van der Waals surface area contributed by atoms with E-state index in [2.05, 4.69) is 24.5 Å². The number of hydrogen-bond donors (Lipinski definition) is 2. The number of anilines is 2. The van der Waals surface area contributed by atoms with E-state index in [-0.39, 0.29) is 30.4 Å². The van der Waals surface area contributed by atoms with Crippen LogP contribution in [0.2, 0.25) is 0 Å². The fourth-order valence-electron chi connectivity index (χ4n) is 3.76. The molecule has 1 heterocycles. The summed E-state index contributed by atoms with van der Waals surface area (Å²) in [5, 5.41) is 5.14. The van der Waals surface area contributed by atoms with Crippen LogP contribution >= 0.6 is 11.8 Å². The number of nitrogens with one attached hydrogen (secondary N) is 2. The molecule has 2 aromatic carbocycles. The lowest BCUT2D eigenvalue weighted by molar-refractivity contribution is -0.131. The van der Waals surface area contributed by atoms with Gasteiger partial charge in [0, 0.05) is 35.0 Å². The summed E-state index contributed by atoms with van der Waals surface area (Å²) in [5.74, 6) is -0.205. The number of nitrogens with zero attached hydrogens (tertiary/aromatic N) is 2. The molecule has 0 aliphatic carbocycles. The molecule has 0 spiro atoms. The lowest BCUT2D eigenvalue weighted by atomic mass is 10.2. The molecular weight excluding hydrogens is 480 g/mol. The van der Waals surface area contributed by atoms with Crippen LogP contribution in [0.25, 0.3) is 0 Å². The molecule has 9 nitrogen and oxygen atoms in total. The molecule has 2 N–H and O–H groups in total. The Morgan fingerprint density at radius 2 is 1.83 bits per heavy atom. The van der Waals surface area contributed by atoms with E-state index in [0.717, 1.165) is 5.75 Å². The smallest absolute Gasteiger partial charge is 0.338 e. The van der Waals surface area contributed by atoms with E-state index >= 15 is 0 Å². The summed E-state index contributed by atoms with van der Waals surface area (Å²) in [6.45, 7) is 6.97. The number of para-hydroxylation sites is 1. The molecule has 192 valence electrons. The maximum absolute atomic E-state index is 13.1. The van der Waals surface area contributed by atoms with Gasteiger partial charge in [0.25, 0.3) is 0 Å². The molecule has 0 bridgehead atoms. The van der Waals surface area contributed by atoms with Gasteiger partial charge in [-0.1, -0.05) is 24.3 Å². The maximum atomic E-state index is 13.1. The van der Waals surface area contributed by atoms with Gasteiger partial charge in [0.2, 0.25) is 11.8 Å². The lowest BCUT2D eigenvalue weighted by Crippen LogP contribution is -2.51. The molecule has 1 aliphatic rings. The molecule has 0 aromatic heterocycles. The molecule has 3 rings (SSSR count). The zero-order chi connectivity index (χ0) is 26.1. The van der Waals surface area contributed by atoms with E-state index in [1.807, 2.05) is 17.8 Å². The van der Waals surface area contributed by atoms with Crippen LogP contribution in [-0.2, 0) is 14.3 Å². The van der Waals surface area contributed by atoms with Gasteiger partial charge in [-0.25, -0.2) is 9.59 Å². The van der Waals surface area contributed by atoms with Crippen molar-refractivity contribution in [2.75, 3.05) is 48.8 Å². The van der Waals surface area contributed by atoms with Crippen molar-refractivity contribution in [1.82, 2.24) is 10.2 Å². The average molecular weight is 513 g/mol. The van der Waals surface area contributed by atoms with Gasteiger partial charge in [-0.05, 0) is 51.1 Å². The van der Waals surface area contributed by atoms with E-state index in [1.54, 1.807) is 54.3 Å². The van der Waals surface area contributed by atoms with Gasteiger partial charge in [-0.2, -0.15) is 11.8 Å². The van der Waals surface area contributed by atoms with Crippen molar-refractivity contribution < 1.29 is 23.9 Å². The highest BCUT2D eigenvalue weighted by Gasteiger charge is 2.31. The average Bonchev–Trinajstić information content (AvgIpc) is 2.86. The van der Waals surface area contributed by atoms with Crippen molar-refractivity contribution in [1.29, 1.82) is 0 Å². The Bertz CT molecular complexity index is 1090. The van der Waals surface area contributed by atoms with Gasteiger partial charge in [0.1, 0.15) is 6.54 Å². The number of benzene rings is 2. The van der Waals surface area contributed by atoms with Crippen molar-refractivity contribution in [3.63, 3.8) is 0 Å². The second kappa shape index (κ2) is 12.4. The number of hydrogen-bond acceptors (Lipinski definition) is 6. The molecule has 4 amide bonds. The van der Waals surface area contributed by atoms with Crippen LogP contribution in [-0.4, -0.2) is 72.0 Å². The summed E-state index contributed by atoms with van der Waals surface area (Å²) in [7, 11) is 0. The second-order valence-corrected chi connectivity index (χ2v) is 10.6. The van der Waals surface area contributed by atoms with Crippen molar-refractivity contribution in [3.05, 3.63) is 60.2 Å². The number of ether oxygens (including phenoxy) is 1. The van der Waals surface area contributed by atoms with Crippen LogP contribution in [0.1, 0.15) is 31.1 Å². The van der Waals surface area contributed by atoms with Gasteiger partial charge in [-0.3, -0.25) is 9.59 Å². The molecule has 1 aliphatic heterocycles. The summed E-state index contributed by atoms with van der Waals surface area (Å²) in [5.41, 5.74) is 1.26. The monoisotopic (exact) mass is 512 g/mol. The zero-order valence-corrected chi connectivity index (χ0v) is 21.6. The Morgan fingerprint density at radius 1 is 1.08 bits per heavy atom. The van der Waals surface area contributed by atoms with Crippen molar-refractivity contribution in [3.8, 4) is 0 Å². The molecular formula is C26H32N4O5S. The lowest BCUT2D eigenvalue weighted by Gasteiger charge is -2.38. The molecule has 0 saturated carbocycles.